The fraction of sp³-hybridized carbons (Fsp3) is 0.190. The van der Waals surface area contributed by atoms with Gasteiger partial charge in [0.15, 0.2) is 5.82 Å². The van der Waals surface area contributed by atoms with E-state index in [1.165, 1.54) is 0 Å². The summed E-state index contributed by atoms with van der Waals surface area (Å²) in [6.07, 6.45) is 0. The summed E-state index contributed by atoms with van der Waals surface area (Å²) in [4.78, 5) is 12.4. The van der Waals surface area contributed by atoms with E-state index in [-0.39, 0.29) is 5.41 Å². The summed E-state index contributed by atoms with van der Waals surface area (Å²) in [6, 6.07) is 14.1. The van der Waals surface area contributed by atoms with Gasteiger partial charge in [-0.15, -0.1) is 0 Å². The predicted molar refractivity (Wildman–Crippen MR) is 124 cm³/mol. The van der Waals surface area contributed by atoms with E-state index in [1.54, 1.807) is 4.22 Å². The van der Waals surface area contributed by atoms with Crippen molar-refractivity contribution in [1.82, 2.24) is 20.2 Å². The minimum atomic E-state index is 0.0118. The van der Waals surface area contributed by atoms with Crippen LogP contribution in [0.5, 0.6) is 0 Å². The number of nitrogens with one attached hydrogen (secondary N) is 2. The van der Waals surface area contributed by atoms with Crippen molar-refractivity contribution >= 4 is 49.2 Å². The number of aliphatic imine (C=N–C) groups is 1. The summed E-state index contributed by atoms with van der Waals surface area (Å²) in [5, 5.41) is 7.53. The number of nitrogens with zero attached hydrogens (tertiary/aromatic N) is 3. The van der Waals surface area contributed by atoms with Crippen molar-refractivity contribution in [1.29, 1.82) is 0 Å². The summed E-state index contributed by atoms with van der Waals surface area (Å²) < 4.78 is 1.71. The lowest BCUT2D eigenvalue weighted by Gasteiger charge is -2.14. The topological polar surface area (TPSA) is 95.7 Å². The zero-order valence-corrected chi connectivity index (χ0v) is 18.1. The molecule has 7 heteroatoms. The average Bonchev–Trinajstić information content (AvgIpc) is 3.29. The van der Waals surface area contributed by atoms with E-state index in [1.807, 2.05) is 30.3 Å². The zero-order chi connectivity index (χ0) is 19.9. The van der Waals surface area contributed by atoms with E-state index < -0.39 is 0 Å². The number of H-pyrrole nitrogens is 2. The standard InChI is InChI=1S/C21H21IN6/c1-21(2,3)19-10-18(27-28-19)20-25-16-7-5-13(9-17(16)26-20)12-4-6-15(24-11-22)14(23)8-12/h4-11H,23H2,1-3H3,(H,25,26)(H,27,28)/b24-11+. The van der Waals surface area contributed by atoms with E-state index in [0.717, 1.165) is 45.1 Å². The van der Waals surface area contributed by atoms with E-state index in [2.05, 4.69) is 75.7 Å². The molecule has 0 unspecified atom stereocenters. The molecule has 2 heterocycles. The highest BCUT2D eigenvalue weighted by molar-refractivity contribution is 14.1. The first-order valence-electron chi connectivity index (χ1n) is 8.94. The van der Waals surface area contributed by atoms with Crippen molar-refractivity contribution < 1.29 is 0 Å². The highest BCUT2D eigenvalue weighted by Crippen LogP contribution is 2.31. The molecule has 6 nitrogen and oxygen atoms in total. The van der Waals surface area contributed by atoms with E-state index in [9.17, 15) is 0 Å². The van der Waals surface area contributed by atoms with Gasteiger partial charge in [0.2, 0.25) is 0 Å². The van der Waals surface area contributed by atoms with E-state index in [0.29, 0.717) is 5.69 Å². The van der Waals surface area contributed by atoms with E-state index in [4.69, 9.17) is 10.7 Å². The van der Waals surface area contributed by atoms with Crippen LogP contribution in [0.25, 0.3) is 33.7 Å². The Morgan fingerprint density at radius 3 is 2.50 bits per heavy atom. The van der Waals surface area contributed by atoms with Crippen LogP contribution in [0.15, 0.2) is 47.5 Å². The number of aromatic amines is 2. The summed E-state index contributed by atoms with van der Waals surface area (Å²) >= 11 is 2.08. The summed E-state index contributed by atoms with van der Waals surface area (Å²) in [5.74, 6) is 0.755. The number of aromatic nitrogens is 4. The lowest BCUT2D eigenvalue weighted by Crippen LogP contribution is -2.11. The molecule has 0 spiro atoms. The van der Waals surface area contributed by atoms with Gasteiger partial charge in [0.1, 0.15) is 5.69 Å². The maximum absolute atomic E-state index is 6.12. The van der Waals surface area contributed by atoms with Crippen molar-refractivity contribution in [2.75, 3.05) is 5.73 Å². The van der Waals surface area contributed by atoms with Crippen molar-refractivity contribution in [3.8, 4) is 22.6 Å². The molecule has 2 aromatic heterocycles. The van der Waals surface area contributed by atoms with Gasteiger partial charge in [-0.2, -0.15) is 5.10 Å². The number of anilines is 1. The van der Waals surface area contributed by atoms with Crippen LogP contribution in [0.2, 0.25) is 0 Å². The molecule has 0 aliphatic heterocycles. The van der Waals surface area contributed by atoms with Gasteiger partial charge in [-0.25, -0.2) is 9.98 Å². The summed E-state index contributed by atoms with van der Waals surface area (Å²) in [7, 11) is 0. The number of imidazole rings is 1. The number of fused-ring (bicyclic) bond motifs is 1. The van der Waals surface area contributed by atoms with Crippen molar-refractivity contribution in [3.63, 3.8) is 0 Å². The van der Waals surface area contributed by atoms with Crippen LogP contribution in [0.3, 0.4) is 0 Å². The first-order valence-corrected chi connectivity index (χ1v) is 10.2. The van der Waals surface area contributed by atoms with Crippen LogP contribution in [0.1, 0.15) is 26.5 Å². The number of benzene rings is 2. The van der Waals surface area contributed by atoms with Crippen molar-refractivity contribution in [2.24, 2.45) is 4.99 Å². The van der Waals surface area contributed by atoms with E-state index >= 15 is 0 Å². The van der Waals surface area contributed by atoms with Crippen LogP contribution in [0.4, 0.5) is 11.4 Å². The van der Waals surface area contributed by atoms with Crippen LogP contribution >= 0.6 is 22.6 Å². The minimum absolute atomic E-state index is 0.0118. The molecule has 4 rings (SSSR count). The molecular formula is C21H21IN6. The number of hydrogen-bond donors (Lipinski definition) is 3. The largest absolute Gasteiger partial charge is 0.397 e. The third kappa shape index (κ3) is 3.54. The first kappa shape index (κ1) is 18.7. The van der Waals surface area contributed by atoms with Crippen molar-refractivity contribution in [3.05, 3.63) is 48.2 Å². The Morgan fingerprint density at radius 1 is 1.07 bits per heavy atom. The molecular weight excluding hydrogens is 463 g/mol. The Kier molecular flexibility index (Phi) is 4.70. The van der Waals surface area contributed by atoms with Gasteiger partial charge in [-0.3, -0.25) is 5.10 Å². The molecule has 0 bridgehead atoms. The first-order chi connectivity index (χ1) is 13.3. The highest BCUT2D eigenvalue weighted by Gasteiger charge is 2.18. The molecule has 142 valence electrons. The van der Waals surface area contributed by atoms with Gasteiger partial charge in [-0.05, 0) is 64.0 Å². The molecule has 4 aromatic rings. The minimum Gasteiger partial charge on any atom is -0.397 e. The number of nitrogens with two attached hydrogens (primary N) is 1. The number of hydrogen-bond acceptors (Lipinski definition) is 4. The third-order valence-electron chi connectivity index (χ3n) is 4.66. The molecule has 0 amide bonds. The fourth-order valence-corrected chi connectivity index (χ4v) is 3.34. The molecule has 4 N–H and O–H groups in total. The Hall–Kier alpha value is -2.68. The van der Waals surface area contributed by atoms with Crippen LogP contribution in [-0.4, -0.2) is 24.4 Å². The second kappa shape index (κ2) is 7.05. The fourth-order valence-electron chi connectivity index (χ4n) is 3.04. The molecule has 0 radical (unpaired) electrons. The third-order valence-corrected chi connectivity index (χ3v) is 4.94. The molecule has 0 saturated carbocycles. The molecule has 0 aliphatic carbocycles. The van der Waals surface area contributed by atoms with Crippen LogP contribution in [0, 0.1) is 0 Å². The van der Waals surface area contributed by atoms with Gasteiger partial charge in [0.25, 0.3) is 0 Å². The Labute approximate surface area is 176 Å². The lowest BCUT2D eigenvalue weighted by molar-refractivity contribution is 0.567. The molecule has 0 aliphatic rings. The molecule has 28 heavy (non-hydrogen) atoms. The van der Waals surface area contributed by atoms with Crippen LogP contribution in [-0.2, 0) is 5.41 Å². The van der Waals surface area contributed by atoms with Gasteiger partial charge in [0.05, 0.1) is 26.6 Å². The number of rotatable bonds is 3. The lowest BCUT2D eigenvalue weighted by atomic mass is 9.92. The SMILES string of the molecule is CC(C)(C)c1cc(-c2nc3cc(-c4ccc(/N=C/I)c(N)c4)ccc3[nH]2)n[nH]1. The quantitative estimate of drug-likeness (QED) is 0.201. The molecule has 0 atom stereocenters. The second-order valence-corrected chi connectivity index (χ2v) is 8.29. The normalized spacial score (nSPS) is 12.3. The predicted octanol–water partition coefficient (Wildman–Crippen LogP) is 5.59. The maximum atomic E-state index is 6.12. The number of nitrogen functional groups attached to an aromatic ring is 1. The number of halogens is 1. The summed E-state index contributed by atoms with van der Waals surface area (Å²) in [5.41, 5.74) is 13.4. The Bertz CT molecular complexity index is 1180. The highest BCUT2D eigenvalue weighted by atomic mass is 127. The maximum Gasteiger partial charge on any atom is 0.159 e. The van der Waals surface area contributed by atoms with Gasteiger partial charge in [-0.1, -0.05) is 32.9 Å². The Balaban J connectivity index is 1.71. The monoisotopic (exact) mass is 484 g/mol. The molecule has 0 saturated heterocycles. The summed E-state index contributed by atoms with van der Waals surface area (Å²) in [6.45, 7) is 6.45. The average molecular weight is 484 g/mol. The van der Waals surface area contributed by atoms with Crippen molar-refractivity contribution in [2.45, 2.75) is 26.2 Å². The smallest absolute Gasteiger partial charge is 0.159 e. The van der Waals surface area contributed by atoms with Gasteiger partial charge in [0, 0.05) is 11.1 Å². The van der Waals surface area contributed by atoms with Crippen LogP contribution < -0.4 is 5.73 Å². The molecule has 2 aromatic carbocycles. The molecule has 0 fully saturated rings. The second-order valence-electron chi connectivity index (χ2n) is 7.73. The van der Waals surface area contributed by atoms with Gasteiger partial charge >= 0.3 is 0 Å². The Morgan fingerprint density at radius 2 is 1.82 bits per heavy atom. The zero-order valence-electron chi connectivity index (χ0n) is 15.9. The van der Waals surface area contributed by atoms with Gasteiger partial charge < -0.3 is 10.7 Å².